The van der Waals surface area contributed by atoms with E-state index >= 15 is 0 Å². The second kappa shape index (κ2) is 10.2. The van der Waals surface area contributed by atoms with Crippen molar-refractivity contribution >= 4 is 11.9 Å². The van der Waals surface area contributed by atoms with E-state index in [0.717, 1.165) is 70.4 Å². The van der Waals surface area contributed by atoms with Gasteiger partial charge in [-0.25, -0.2) is 0 Å². The van der Waals surface area contributed by atoms with E-state index in [4.69, 9.17) is 4.74 Å². The number of amides is 1. The number of benzene rings is 1. The van der Waals surface area contributed by atoms with Crippen LogP contribution in [0, 0.1) is 0 Å². The molecular weight excluding hydrogens is 378 g/mol. The molecule has 7 nitrogen and oxygen atoms in total. The Morgan fingerprint density at radius 2 is 1.80 bits per heavy atom. The van der Waals surface area contributed by atoms with Crippen LogP contribution in [0.1, 0.15) is 32.3 Å². The molecule has 2 aliphatic heterocycles. The van der Waals surface area contributed by atoms with Gasteiger partial charge in [-0.2, -0.15) is 0 Å². The number of nitrogens with one attached hydrogen (secondary N) is 1. The van der Waals surface area contributed by atoms with Crippen molar-refractivity contribution in [2.75, 3.05) is 66.5 Å². The number of nitrogens with zero attached hydrogens (tertiary/aromatic N) is 4. The number of guanidine groups is 1. The highest BCUT2D eigenvalue weighted by Crippen LogP contribution is 2.25. The maximum absolute atomic E-state index is 12.4. The van der Waals surface area contributed by atoms with Crippen LogP contribution in [0.15, 0.2) is 29.3 Å². The molecular formula is C23H37N5O2. The lowest BCUT2D eigenvalue weighted by Gasteiger charge is -2.37. The number of carbonyl (C=O) groups is 1. The van der Waals surface area contributed by atoms with Gasteiger partial charge in [-0.15, -0.1) is 0 Å². The van der Waals surface area contributed by atoms with Crippen LogP contribution in [0.2, 0.25) is 0 Å². The van der Waals surface area contributed by atoms with Crippen LogP contribution in [-0.2, 0) is 10.2 Å². The maximum atomic E-state index is 12.4. The van der Waals surface area contributed by atoms with E-state index < -0.39 is 0 Å². The molecule has 30 heavy (non-hydrogen) atoms. The molecule has 0 aromatic heterocycles. The summed E-state index contributed by atoms with van der Waals surface area (Å²) in [4.78, 5) is 23.5. The molecule has 2 aliphatic rings. The van der Waals surface area contributed by atoms with Crippen LogP contribution in [-0.4, -0.2) is 93.1 Å². The average molecular weight is 416 g/mol. The Morgan fingerprint density at radius 1 is 1.10 bits per heavy atom. The summed E-state index contributed by atoms with van der Waals surface area (Å²) in [6.07, 6.45) is 2.29. The van der Waals surface area contributed by atoms with Crippen molar-refractivity contribution in [1.29, 1.82) is 0 Å². The number of likely N-dealkylation sites (tertiary alicyclic amines) is 1. The van der Waals surface area contributed by atoms with Gasteiger partial charge in [0.1, 0.15) is 5.75 Å². The summed E-state index contributed by atoms with van der Waals surface area (Å²) < 4.78 is 5.38. The number of carbonyl (C=O) groups excluding carboxylic acids is 1. The average Bonchev–Trinajstić information content (AvgIpc) is 3.30. The zero-order valence-corrected chi connectivity index (χ0v) is 19.0. The number of hydrogen-bond acceptors (Lipinski definition) is 4. The fourth-order valence-corrected chi connectivity index (χ4v) is 4.15. The fraction of sp³-hybridized carbons (Fsp3) is 0.652. The van der Waals surface area contributed by atoms with E-state index in [9.17, 15) is 4.79 Å². The molecule has 2 saturated heterocycles. The summed E-state index contributed by atoms with van der Waals surface area (Å²) in [5.74, 6) is 2.09. The first-order valence-corrected chi connectivity index (χ1v) is 11.0. The maximum Gasteiger partial charge on any atom is 0.236 e. The lowest BCUT2D eigenvalue weighted by atomic mass is 9.84. The Bertz CT molecular complexity index is 735. The third kappa shape index (κ3) is 5.65. The van der Waals surface area contributed by atoms with Gasteiger partial charge in [0.2, 0.25) is 5.91 Å². The minimum absolute atomic E-state index is 0.0611. The van der Waals surface area contributed by atoms with Gasteiger partial charge in [-0.3, -0.25) is 14.7 Å². The molecule has 0 radical (unpaired) electrons. The van der Waals surface area contributed by atoms with Gasteiger partial charge in [-0.1, -0.05) is 26.0 Å². The van der Waals surface area contributed by atoms with Crippen molar-refractivity contribution in [2.24, 2.45) is 4.99 Å². The number of ether oxygens (including phenoxy) is 1. The van der Waals surface area contributed by atoms with Crippen molar-refractivity contribution in [3.05, 3.63) is 29.8 Å². The van der Waals surface area contributed by atoms with E-state index in [-0.39, 0.29) is 11.3 Å². The first kappa shape index (κ1) is 22.4. The SMILES string of the molecule is CN=C(NCC(C)(C)c1cccc(OC)c1)N1CCN(CC(=O)N2CCCC2)CC1. The van der Waals surface area contributed by atoms with Gasteiger partial charge in [0.05, 0.1) is 13.7 Å². The Labute approximate surface area is 181 Å². The summed E-state index contributed by atoms with van der Waals surface area (Å²) in [5.41, 5.74) is 1.17. The first-order valence-electron chi connectivity index (χ1n) is 11.0. The largest absolute Gasteiger partial charge is 0.497 e. The number of aliphatic imine (C=N–C) groups is 1. The standard InChI is InChI=1S/C23H37N5O2/c1-23(2,19-8-7-9-20(16-19)30-4)18-25-22(24-3)28-14-12-26(13-15-28)17-21(29)27-10-5-6-11-27/h7-9,16H,5-6,10-15,17-18H2,1-4H3,(H,24,25). The Kier molecular flexibility index (Phi) is 7.58. The highest BCUT2D eigenvalue weighted by molar-refractivity contribution is 5.80. The monoisotopic (exact) mass is 415 g/mol. The highest BCUT2D eigenvalue weighted by atomic mass is 16.5. The third-order valence-electron chi connectivity index (χ3n) is 6.24. The van der Waals surface area contributed by atoms with E-state index in [1.54, 1.807) is 7.11 Å². The Morgan fingerprint density at radius 3 is 2.43 bits per heavy atom. The molecule has 0 spiro atoms. The van der Waals surface area contributed by atoms with Gasteiger partial charge in [0, 0.05) is 58.3 Å². The van der Waals surface area contributed by atoms with Crippen LogP contribution in [0.4, 0.5) is 0 Å². The van der Waals surface area contributed by atoms with Crippen LogP contribution in [0.3, 0.4) is 0 Å². The molecule has 1 aromatic rings. The minimum Gasteiger partial charge on any atom is -0.497 e. The molecule has 0 saturated carbocycles. The molecule has 0 aliphatic carbocycles. The van der Waals surface area contributed by atoms with Crippen LogP contribution < -0.4 is 10.1 Å². The quantitative estimate of drug-likeness (QED) is 0.567. The summed E-state index contributed by atoms with van der Waals surface area (Å²) in [5, 5.41) is 3.56. The summed E-state index contributed by atoms with van der Waals surface area (Å²) in [6.45, 7) is 11.2. The smallest absolute Gasteiger partial charge is 0.236 e. The lowest BCUT2D eigenvalue weighted by Crippen LogP contribution is -2.55. The zero-order valence-electron chi connectivity index (χ0n) is 19.0. The van der Waals surface area contributed by atoms with Gasteiger partial charge >= 0.3 is 0 Å². The molecule has 0 bridgehead atoms. The molecule has 166 valence electrons. The van der Waals surface area contributed by atoms with E-state index in [2.05, 4.69) is 46.1 Å². The molecule has 1 N–H and O–H groups in total. The van der Waals surface area contributed by atoms with Gasteiger partial charge < -0.3 is 19.9 Å². The minimum atomic E-state index is -0.0611. The summed E-state index contributed by atoms with van der Waals surface area (Å²) in [6, 6.07) is 8.25. The van der Waals surface area contributed by atoms with Gasteiger partial charge in [-0.05, 0) is 30.5 Å². The number of hydrogen-bond donors (Lipinski definition) is 1. The summed E-state index contributed by atoms with van der Waals surface area (Å²) >= 11 is 0. The molecule has 2 fully saturated rings. The van der Waals surface area contributed by atoms with Crippen LogP contribution in [0.25, 0.3) is 0 Å². The molecule has 0 unspecified atom stereocenters. The first-order chi connectivity index (χ1) is 14.4. The number of methoxy groups -OCH3 is 1. The topological polar surface area (TPSA) is 60.4 Å². The number of rotatable bonds is 6. The molecule has 0 atom stereocenters. The van der Waals surface area contributed by atoms with Crippen molar-refractivity contribution in [1.82, 2.24) is 20.0 Å². The second-order valence-electron chi connectivity index (χ2n) is 8.87. The second-order valence-corrected chi connectivity index (χ2v) is 8.87. The lowest BCUT2D eigenvalue weighted by molar-refractivity contribution is -0.131. The normalized spacial score (nSPS) is 18.6. The van der Waals surface area contributed by atoms with Gasteiger partial charge in [0.25, 0.3) is 0 Å². The van der Waals surface area contributed by atoms with E-state index in [1.165, 1.54) is 5.56 Å². The summed E-state index contributed by atoms with van der Waals surface area (Å²) in [7, 11) is 3.54. The Balaban J connectivity index is 1.49. The predicted octanol–water partition coefficient (Wildman–Crippen LogP) is 1.79. The molecule has 2 heterocycles. The van der Waals surface area contributed by atoms with Crippen molar-refractivity contribution in [2.45, 2.75) is 32.1 Å². The van der Waals surface area contributed by atoms with E-state index in [1.807, 2.05) is 24.1 Å². The fourth-order valence-electron chi connectivity index (χ4n) is 4.15. The van der Waals surface area contributed by atoms with Gasteiger partial charge in [0.15, 0.2) is 5.96 Å². The highest BCUT2D eigenvalue weighted by Gasteiger charge is 2.26. The molecule has 1 aromatic carbocycles. The van der Waals surface area contributed by atoms with Crippen LogP contribution in [0.5, 0.6) is 5.75 Å². The molecule has 1 amide bonds. The molecule has 7 heteroatoms. The van der Waals surface area contributed by atoms with E-state index in [0.29, 0.717) is 6.54 Å². The van der Waals surface area contributed by atoms with Crippen molar-refractivity contribution in [3.8, 4) is 5.75 Å². The predicted molar refractivity (Wildman–Crippen MR) is 121 cm³/mol. The number of piperazine rings is 1. The zero-order chi connectivity index (χ0) is 21.6. The van der Waals surface area contributed by atoms with Crippen molar-refractivity contribution in [3.63, 3.8) is 0 Å². The van der Waals surface area contributed by atoms with Crippen molar-refractivity contribution < 1.29 is 9.53 Å². The Hall–Kier alpha value is -2.28. The third-order valence-corrected chi connectivity index (χ3v) is 6.24. The van der Waals surface area contributed by atoms with Crippen LogP contribution >= 0.6 is 0 Å². The molecule has 3 rings (SSSR count).